The fraction of sp³-hybridized carbons (Fsp3) is 0.321. The second-order valence-electron chi connectivity index (χ2n) is 8.98. The zero-order valence-electron chi connectivity index (χ0n) is 21.0. The number of rotatable bonds is 8. The van der Waals surface area contributed by atoms with Crippen molar-refractivity contribution in [3.05, 3.63) is 76.4 Å². The zero-order valence-corrected chi connectivity index (χ0v) is 21.8. The standard InChI is InChI=1S/C28H30N4O4S/c1-19-22(18-25(33)30-28-29-11-17-37-28)26-21(10-12-31-13-15-36-16-14-31)24(35-2)9-8-23(26)32(19)27(34)20-6-4-3-5-7-20/h3-9,11,17H,10,12-16,18H2,1-2H3,(H,29,30,33). The predicted molar refractivity (Wildman–Crippen MR) is 145 cm³/mol. The SMILES string of the molecule is COc1ccc2c(c1CCN1CCOCC1)c(CC(=O)Nc1nccs1)c(C)n2C(=O)c1ccccc1. The van der Waals surface area contributed by atoms with Crippen LogP contribution in [0.15, 0.2) is 54.0 Å². The minimum atomic E-state index is -0.175. The molecule has 0 atom stereocenters. The van der Waals surface area contributed by atoms with Gasteiger partial charge in [0.05, 0.1) is 32.3 Å². The molecule has 192 valence electrons. The summed E-state index contributed by atoms with van der Waals surface area (Å²) in [5.74, 6) is 0.455. The van der Waals surface area contributed by atoms with Crippen molar-refractivity contribution in [1.29, 1.82) is 0 Å². The molecule has 0 bridgehead atoms. The molecule has 2 aromatic heterocycles. The summed E-state index contributed by atoms with van der Waals surface area (Å²) >= 11 is 1.37. The molecule has 1 aliphatic heterocycles. The summed E-state index contributed by atoms with van der Waals surface area (Å²) in [4.78, 5) is 33.4. The molecule has 9 heteroatoms. The largest absolute Gasteiger partial charge is 0.496 e. The number of carbonyl (C=O) groups is 2. The average Bonchev–Trinajstić information content (AvgIpc) is 3.53. The van der Waals surface area contributed by atoms with E-state index in [0.717, 1.165) is 72.7 Å². The number of fused-ring (bicyclic) bond motifs is 1. The third kappa shape index (κ3) is 5.29. The summed E-state index contributed by atoms with van der Waals surface area (Å²) < 4.78 is 13.0. The van der Waals surface area contributed by atoms with Crippen LogP contribution in [0.25, 0.3) is 10.9 Å². The molecule has 1 saturated heterocycles. The van der Waals surface area contributed by atoms with E-state index < -0.39 is 0 Å². The van der Waals surface area contributed by atoms with Crippen LogP contribution in [-0.4, -0.2) is 66.2 Å². The summed E-state index contributed by atoms with van der Waals surface area (Å²) in [6.07, 6.45) is 2.50. The van der Waals surface area contributed by atoms with Crippen molar-refractivity contribution in [2.24, 2.45) is 0 Å². The van der Waals surface area contributed by atoms with E-state index in [9.17, 15) is 9.59 Å². The van der Waals surface area contributed by atoms with Crippen LogP contribution in [-0.2, 0) is 22.4 Å². The summed E-state index contributed by atoms with van der Waals surface area (Å²) in [6, 6.07) is 13.1. The molecule has 1 N–H and O–H groups in total. The van der Waals surface area contributed by atoms with Crippen LogP contribution in [0.3, 0.4) is 0 Å². The number of anilines is 1. The van der Waals surface area contributed by atoms with Gasteiger partial charge < -0.3 is 14.8 Å². The van der Waals surface area contributed by atoms with E-state index in [4.69, 9.17) is 9.47 Å². The van der Waals surface area contributed by atoms with Gasteiger partial charge in [0.2, 0.25) is 5.91 Å². The van der Waals surface area contributed by atoms with Gasteiger partial charge in [-0.25, -0.2) is 4.98 Å². The van der Waals surface area contributed by atoms with E-state index in [-0.39, 0.29) is 18.2 Å². The molecular weight excluding hydrogens is 488 g/mol. The van der Waals surface area contributed by atoms with Crippen molar-refractivity contribution in [3.63, 3.8) is 0 Å². The molecule has 0 aliphatic carbocycles. The summed E-state index contributed by atoms with van der Waals surface area (Å²) in [7, 11) is 1.66. The van der Waals surface area contributed by atoms with Gasteiger partial charge in [0.15, 0.2) is 5.13 Å². The lowest BCUT2D eigenvalue weighted by Gasteiger charge is -2.27. The lowest BCUT2D eigenvalue weighted by molar-refractivity contribution is -0.115. The minimum Gasteiger partial charge on any atom is -0.496 e. The van der Waals surface area contributed by atoms with Crippen LogP contribution in [0.2, 0.25) is 0 Å². The first-order valence-corrected chi connectivity index (χ1v) is 13.2. The van der Waals surface area contributed by atoms with Gasteiger partial charge in [0.1, 0.15) is 5.75 Å². The lowest BCUT2D eigenvalue weighted by Crippen LogP contribution is -2.37. The van der Waals surface area contributed by atoms with Gasteiger partial charge in [-0.1, -0.05) is 18.2 Å². The number of carbonyl (C=O) groups excluding carboxylic acids is 2. The number of thiazole rings is 1. The van der Waals surface area contributed by atoms with Gasteiger partial charge in [-0.2, -0.15) is 0 Å². The molecule has 0 spiro atoms. The maximum absolute atomic E-state index is 13.7. The van der Waals surface area contributed by atoms with Gasteiger partial charge >= 0.3 is 0 Å². The van der Waals surface area contributed by atoms with E-state index >= 15 is 0 Å². The Morgan fingerprint density at radius 1 is 1.11 bits per heavy atom. The van der Waals surface area contributed by atoms with Gasteiger partial charge in [0, 0.05) is 53.4 Å². The van der Waals surface area contributed by atoms with Gasteiger partial charge in [0.25, 0.3) is 5.91 Å². The first-order valence-electron chi connectivity index (χ1n) is 12.4. The normalized spacial score (nSPS) is 14.1. The van der Waals surface area contributed by atoms with E-state index in [1.807, 2.05) is 54.8 Å². The number of hydrogen-bond donors (Lipinski definition) is 1. The Hall–Kier alpha value is -3.53. The topological polar surface area (TPSA) is 85.7 Å². The van der Waals surface area contributed by atoms with Crippen LogP contribution < -0.4 is 10.1 Å². The van der Waals surface area contributed by atoms with Crippen molar-refractivity contribution in [2.45, 2.75) is 19.8 Å². The van der Waals surface area contributed by atoms with E-state index in [1.165, 1.54) is 11.3 Å². The van der Waals surface area contributed by atoms with Crippen molar-refractivity contribution < 1.29 is 19.1 Å². The quantitative estimate of drug-likeness (QED) is 0.377. The van der Waals surface area contributed by atoms with Crippen LogP contribution in [0, 0.1) is 6.92 Å². The minimum absolute atomic E-state index is 0.120. The molecule has 1 aliphatic rings. The first-order chi connectivity index (χ1) is 18.1. The Labute approximate surface area is 219 Å². The predicted octanol–water partition coefficient (Wildman–Crippen LogP) is 4.16. The van der Waals surface area contributed by atoms with Crippen LogP contribution in [0.5, 0.6) is 5.75 Å². The smallest absolute Gasteiger partial charge is 0.262 e. The summed E-state index contributed by atoms with van der Waals surface area (Å²) in [5.41, 5.74) is 3.95. The van der Waals surface area contributed by atoms with Crippen LogP contribution in [0.4, 0.5) is 5.13 Å². The number of ether oxygens (including phenoxy) is 2. The molecule has 0 radical (unpaired) electrons. The average molecular weight is 519 g/mol. The number of nitrogens with one attached hydrogen (secondary N) is 1. The molecule has 4 aromatic rings. The molecule has 2 aromatic carbocycles. The number of benzene rings is 2. The third-order valence-electron chi connectivity index (χ3n) is 6.80. The van der Waals surface area contributed by atoms with Crippen molar-refractivity contribution >= 4 is 39.2 Å². The Bertz CT molecular complexity index is 1390. The number of aromatic nitrogens is 2. The van der Waals surface area contributed by atoms with Crippen molar-refractivity contribution in [3.8, 4) is 5.75 Å². The highest BCUT2D eigenvalue weighted by Gasteiger charge is 2.25. The zero-order chi connectivity index (χ0) is 25.8. The Morgan fingerprint density at radius 2 is 1.89 bits per heavy atom. The molecule has 3 heterocycles. The maximum atomic E-state index is 13.7. The monoisotopic (exact) mass is 518 g/mol. The highest BCUT2D eigenvalue weighted by atomic mass is 32.1. The fourth-order valence-electron chi connectivity index (χ4n) is 4.97. The second-order valence-corrected chi connectivity index (χ2v) is 9.87. The molecule has 0 unspecified atom stereocenters. The number of morpholine rings is 1. The number of hydrogen-bond acceptors (Lipinski definition) is 7. The molecule has 8 nitrogen and oxygen atoms in total. The van der Waals surface area contributed by atoms with Crippen LogP contribution in [0.1, 0.15) is 27.2 Å². The van der Waals surface area contributed by atoms with Gasteiger partial charge in [-0.05, 0) is 43.2 Å². The molecule has 1 amide bonds. The molecular formula is C28H30N4O4S. The first kappa shape index (κ1) is 25.1. The molecule has 1 fully saturated rings. The number of nitrogens with zero attached hydrogens (tertiary/aromatic N) is 3. The Kier molecular flexibility index (Phi) is 7.64. The van der Waals surface area contributed by atoms with E-state index in [0.29, 0.717) is 10.7 Å². The third-order valence-corrected chi connectivity index (χ3v) is 7.49. The van der Waals surface area contributed by atoms with Crippen molar-refractivity contribution in [1.82, 2.24) is 14.5 Å². The maximum Gasteiger partial charge on any atom is 0.262 e. The molecule has 0 saturated carbocycles. The number of methoxy groups -OCH3 is 1. The highest BCUT2D eigenvalue weighted by Crippen LogP contribution is 2.36. The van der Waals surface area contributed by atoms with Gasteiger partial charge in [-0.15, -0.1) is 11.3 Å². The van der Waals surface area contributed by atoms with Crippen molar-refractivity contribution in [2.75, 3.05) is 45.3 Å². The molecule has 37 heavy (non-hydrogen) atoms. The fourth-order valence-corrected chi connectivity index (χ4v) is 5.51. The number of amides is 1. The highest BCUT2D eigenvalue weighted by molar-refractivity contribution is 7.13. The van der Waals surface area contributed by atoms with E-state index in [1.54, 1.807) is 17.9 Å². The van der Waals surface area contributed by atoms with Gasteiger partial charge in [-0.3, -0.25) is 19.1 Å². The summed E-state index contributed by atoms with van der Waals surface area (Å²) in [6.45, 7) is 5.96. The lowest BCUT2D eigenvalue weighted by atomic mass is 9.99. The second kappa shape index (κ2) is 11.2. The Morgan fingerprint density at radius 3 is 2.59 bits per heavy atom. The van der Waals surface area contributed by atoms with E-state index in [2.05, 4.69) is 15.2 Å². The van der Waals surface area contributed by atoms with Crippen LogP contribution >= 0.6 is 11.3 Å². The summed E-state index contributed by atoms with van der Waals surface area (Å²) in [5, 5.41) is 6.16. The molecule has 5 rings (SSSR count). The Balaban J connectivity index is 1.60.